The van der Waals surface area contributed by atoms with Crippen LogP contribution in [0, 0.1) is 11.8 Å². The summed E-state index contributed by atoms with van der Waals surface area (Å²) in [4.78, 5) is 0. The molecule has 0 bridgehead atoms. The molecule has 2 aromatic rings. The van der Waals surface area contributed by atoms with Crippen molar-refractivity contribution in [3.63, 3.8) is 0 Å². The maximum Gasteiger partial charge on any atom is 0.151 e. The average molecular weight is 282 g/mol. The highest BCUT2D eigenvalue weighted by Gasteiger charge is 2.19. The molecule has 108 valence electrons. The van der Waals surface area contributed by atoms with Gasteiger partial charge in [0, 0.05) is 12.7 Å². The third kappa shape index (κ3) is 4.73. The number of hydrogen-bond acceptors (Lipinski definition) is 3. The molecular weight excluding hydrogens is 264 g/mol. The SMILES string of the molecule is COCO[C@@H](C#Cc1ccccc1)[C@@H](O)c1ccccc1. The maximum atomic E-state index is 10.4. The van der Waals surface area contributed by atoms with E-state index < -0.39 is 12.2 Å². The van der Waals surface area contributed by atoms with Crippen molar-refractivity contribution in [3.05, 3.63) is 71.8 Å². The van der Waals surface area contributed by atoms with E-state index in [0.29, 0.717) is 0 Å². The predicted molar refractivity (Wildman–Crippen MR) is 81.5 cm³/mol. The van der Waals surface area contributed by atoms with Crippen LogP contribution in [0.5, 0.6) is 0 Å². The Morgan fingerprint density at radius 2 is 1.62 bits per heavy atom. The van der Waals surface area contributed by atoms with Crippen molar-refractivity contribution in [1.82, 2.24) is 0 Å². The Morgan fingerprint density at radius 3 is 2.24 bits per heavy atom. The van der Waals surface area contributed by atoms with Gasteiger partial charge < -0.3 is 14.6 Å². The van der Waals surface area contributed by atoms with Gasteiger partial charge in [-0.15, -0.1) is 0 Å². The van der Waals surface area contributed by atoms with Gasteiger partial charge in [-0.2, -0.15) is 0 Å². The summed E-state index contributed by atoms with van der Waals surface area (Å²) < 4.78 is 10.4. The predicted octanol–water partition coefficient (Wildman–Crippen LogP) is 2.76. The molecule has 21 heavy (non-hydrogen) atoms. The van der Waals surface area contributed by atoms with Crippen LogP contribution in [-0.4, -0.2) is 25.1 Å². The fourth-order valence-corrected chi connectivity index (χ4v) is 1.85. The van der Waals surface area contributed by atoms with Crippen molar-refractivity contribution in [2.24, 2.45) is 0 Å². The maximum absolute atomic E-state index is 10.4. The van der Waals surface area contributed by atoms with Crippen LogP contribution in [0.15, 0.2) is 60.7 Å². The van der Waals surface area contributed by atoms with E-state index in [1.165, 1.54) is 7.11 Å². The van der Waals surface area contributed by atoms with E-state index in [1.807, 2.05) is 60.7 Å². The molecule has 2 atom stereocenters. The van der Waals surface area contributed by atoms with Crippen molar-refractivity contribution in [3.8, 4) is 11.8 Å². The molecule has 0 spiro atoms. The quantitative estimate of drug-likeness (QED) is 0.677. The summed E-state index contributed by atoms with van der Waals surface area (Å²) in [7, 11) is 1.54. The average Bonchev–Trinajstić information content (AvgIpc) is 2.56. The third-order valence-electron chi connectivity index (χ3n) is 2.93. The molecule has 0 fully saturated rings. The Bertz CT molecular complexity index is 584. The Labute approximate surface area is 125 Å². The number of hydrogen-bond donors (Lipinski definition) is 1. The number of methoxy groups -OCH3 is 1. The van der Waals surface area contributed by atoms with Gasteiger partial charge in [0.25, 0.3) is 0 Å². The van der Waals surface area contributed by atoms with E-state index in [-0.39, 0.29) is 6.79 Å². The summed E-state index contributed by atoms with van der Waals surface area (Å²) in [5.74, 6) is 5.98. The molecule has 0 unspecified atom stereocenters. The largest absolute Gasteiger partial charge is 0.385 e. The Morgan fingerprint density at radius 1 is 1.00 bits per heavy atom. The van der Waals surface area contributed by atoms with Crippen molar-refractivity contribution >= 4 is 0 Å². The van der Waals surface area contributed by atoms with Crippen molar-refractivity contribution in [1.29, 1.82) is 0 Å². The van der Waals surface area contributed by atoms with Crippen LogP contribution in [0.2, 0.25) is 0 Å². The topological polar surface area (TPSA) is 38.7 Å². The molecule has 0 radical (unpaired) electrons. The highest BCUT2D eigenvalue weighted by atomic mass is 16.7. The first-order valence-electron chi connectivity index (χ1n) is 6.71. The smallest absolute Gasteiger partial charge is 0.151 e. The standard InChI is InChI=1S/C18H18O3/c1-20-14-21-17(13-12-15-8-4-2-5-9-15)18(19)16-10-6-3-7-11-16/h2-11,17-19H,14H2,1H3/t17-,18-/m0/s1. The van der Waals surface area contributed by atoms with E-state index in [0.717, 1.165) is 11.1 Å². The van der Waals surface area contributed by atoms with E-state index in [2.05, 4.69) is 11.8 Å². The number of benzene rings is 2. The lowest BCUT2D eigenvalue weighted by Crippen LogP contribution is -2.21. The van der Waals surface area contributed by atoms with Crippen LogP contribution in [0.3, 0.4) is 0 Å². The first-order chi connectivity index (χ1) is 10.3. The molecule has 0 saturated heterocycles. The molecule has 3 nitrogen and oxygen atoms in total. The van der Waals surface area contributed by atoms with E-state index in [9.17, 15) is 5.11 Å². The zero-order chi connectivity index (χ0) is 14.9. The number of aliphatic hydroxyl groups is 1. The highest BCUT2D eigenvalue weighted by Crippen LogP contribution is 2.18. The first kappa shape index (κ1) is 15.3. The minimum absolute atomic E-state index is 0.0814. The van der Waals surface area contributed by atoms with Gasteiger partial charge >= 0.3 is 0 Å². The Kier molecular flexibility index (Phi) is 5.99. The second-order valence-electron chi connectivity index (χ2n) is 4.48. The van der Waals surface area contributed by atoms with Crippen molar-refractivity contribution < 1.29 is 14.6 Å². The molecule has 0 amide bonds. The lowest BCUT2D eigenvalue weighted by atomic mass is 10.0. The molecule has 0 aliphatic rings. The summed E-state index contributed by atoms with van der Waals surface area (Å²) in [5, 5.41) is 10.4. The summed E-state index contributed by atoms with van der Waals surface area (Å²) >= 11 is 0. The molecular formula is C18H18O3. The lowest BCUT2D eigenvalue weighted by molar-refractivity contribution is -0.0904. The summed E-state index contributed by atoms with van der Waals surface area (Å²) in [5.41, 5.74) is 1.64. The fraction of sp³-hybridized carbons (Fsp3) is 0.222. The minimum atomic E-state index is -0.822. The normalized spacial score (nSPS) is 13.0. The molecule has 1 N–H and O–H groups in total. The van der Waals surface area contributed by atoms with Crippen LogP contribution >= 0.6 is 0 Å². The van der Waals surface area contributed by atoms with Gasteiger partial charge in [-0.3, -0.25) is 0 Å². The Balaban J connectivity index is 2.16. The minimum Gasteiger partial charge on any atom is -0.385 e. The number of aliphatic hydroxyl groups excluding tert-OH is 1. The van der Waals surface area contributed by atoms with Crippen LogP contribution in [-0.2, 0) is 9.47 Å². The Hall–Kier alpha value is -2.12. The summed E-state index contributed by atoms with van der Waals surface area (Å²) in [6, 6.07) is 18.9. The van der Waals surface area contributed by atoms with Gasteiger partial charge in [-0.1, -0.05) is 60.4 Å². The molecule has 0 aliphatic heterocycles. The molecule has 0 heterocycles. The van der Waals surface area contributed by atoms with E-state index in [1.54, 1.807) is 0 Å². The van der Waals surface area contributed by atoms with E-state index in [4.69, 9.17) is 9.47 Å². The molecule has 0 aromatic heterocycles. The number of ether oxygens (including phenoxy) is 2. The second kappa shape index (κ2) is 8.23. The molecule has 3 heteroatoms. The van der Waals surface area contributed by atoms with Crippen LogP contribution < -0.4 is 0 Å². The zero-order valence-electron chi connectivity index (χ0n) is 11.9. The van der Waals surface area contributed by atoms with E-state index >= 15 is 0 Å². The number of rotatable bonds is 5. The van der Waals surface area contributed by atoms with Crippen LogP contribution in [0.25, 0.3) is 0 Å². The fourth-order valence-electron chi connectivity index (χ4n) is 1.85. The molecule has 0 aliphatic carbocycles. The van der Waals surface area contributed by atoms with Gasteiger partial charge in [0.2, 0.25) is 0 Å². The van der Waals surface area contributed by atoms with Gasteiger partial charge in [-0.05, 0) is 17.7 Å². The first-order valence-corrected chi connectivity index (χ1v) is 6.71. The zero-order valence-corrected chi connectivity index (χ0v) is 11.9. The highest BCUT2D eigenvalue weighted by molar-refractivity contribution is 5.35. The molecule has 2 aromatic carbocycles. The van der Waals surface area contributed by atoms with Crippen molar-refractivity contribution in [2.45, 2.75) is 12.2 Å². The molecule has 2 rings (SSSR count). The molecule has 0 saturated carbocycles. The lowest BCUT2D eigenvalue weighted by Gasteiger charge is -2.18. The van der Waals surface area contributed by atoms with Gasteiger partial charge in [0.05, 0.1) is 0 Å². The van der Waals surface area contributed by atoms with Gasteiger partial charge in [0.1, 0.15) is 12.9 Å². The second-order valence-corrected chi connectivity index (χ2v) is 4.48. The summed E-state index contributed by atoms with van der Waals surface area (Å²) in [6.45, 7) is 0.0814. The van der Waals surface area contributed by atoms with Gasteiger partial charge in [0.15, 0.2) is 6.10 Å². The summed E-state index contributed by atoms with van der Waals surface area (Å²) in [6.07, 6.45) is -1.47. The third-order valence-corrected chi connectivity index (χ3v) is 2.93. The van der Waals surface area contributed by atoms with Crippen molar-refractivity contribution in [2.75, 3.05) is 13.9 Å². The monoisotopic (exact) mass is 282 g/mol. The van der Waals surface area contributed by atoms with Crippen LogP contribution in [0.1, 0.15) is 17.2 Å². The van der Waals surface area contributed by atoms with Gasteiger partial charge in [-0.25, -0.2) is 0 Å². The van der Waals surface area contributed by atoms with Crippen LogP contribution in [0.4, 0.5) is 0 Å².